The van der Waals surface area contributed by atoms with Crippen molar-refractivity contribution in [1.29, 1.82) is 0 Å². The van der Waals surface area contributed by atoms with E-state index in [-0.39, 0.29) is 0 Å². The third-order valence-electron chi connectivity index (χ3n) is 1.03. The van der Waals surface area contributed by atoms with Crippen LogP contribution in [0.1, 0.15) is 5.56 Å². The summed E-state index contributed by atoms with van der Waals surface area (Å²) in [6.45, 7) is 8.06. The third kappa shape index (κ3) is 3.36. The molecule has 0 saturated carbocycles. The minimum atomic E-state index is 1.02. The number of hydrogen-bond acceptors (Lipinski definition) is 1. The van der Waals surface area contributed by atoms with Crippen LogP contribution in [0.3, 0.4) is 0 Å². The van der Waals surface area contributed by atoms with Crippen molar-refractivity contribution in [1.82, 2.24) is 0 Å². The zero-order chi connectivity index (χ0) is 7.98. The average Bonchev–Trinajstić information content (AvgIpc) is 2.00. The molecule has 0 aliphatic rings. The number of rotatable bonds is 0. The Morgan fingerprint density at radius 1 is 1.10 bits per heavy atom. The fourth-order valence-electron chi connectivity index (χ4n) is 0.545. The molecule has 0 amide bonds. The van der Waals surface area contributed by atoms with E-state index < -0.39 is 0 Å². The maximum Gasteiger partial charge on any atom is 0.00401 e. The lowest BCUT2D eigenvalue weighted by atomic mass is 10.2. The maximum atomic E-state index is 4.13. The Kier molecular flexibility index (Phi) is 4.77. The second kappa shape index (κ2) is 5.12. The standard InChI is InChI=1S/C7H8S.C2H4/c1-6-2-4-7(8)5-3-6;1-2/h2-5,8H,1H3;1-2H2. The number of hydrogen-bond donors (Lipinski definition) is 1. The van der Waals surface area contributed by atoms with Crippen LogP contribution < -0.4 is 0 Å². The lowest BCUT2D eigenvalue weighted by Gasteiger charge is -1.89. The van der Waals surface area contributed by atoms with Gasteiger partial charge in [0, 0.05) is 4.90 Å². The molecule has 1 rings (SSSR count). The van der Waals surface area contributed by atoms with Crippen molar-refractivity contribution in [2.45, 2.75) is 11.8 Å². The SMILES string of the molecule is C=C.Cc1ccc(S)cc1. The van der Waals surface area contributed by atoms with E-state index in [1.807, 2.05) is 24.3 Å². The molecular weight excluding hydrogens is 140 g/mol. The molecule has 0 atom stereocenters. The van der Waals surface area contributed by atoms with E-state index in [1.54, 1.807) is 0 Å². The number of thiol groups is 1. The molecule has 0 heterocycles. The third-order valence-corrected chi connectivity index (χ3v) is 1.33. The predicted molar refractivity (Wildman–Crippen MR) is 49.7 cm³/mol. The summed E-state index contributed by atoms with van der Waals surface area (Å²) < 4.78 is 0. The molecule has 0 aliphatic heterocycles. The molecule has 0 saturated heterocycles. The molecule has 0 spiro atoms. The highest BCUT2D eigenvalue weighted by Crippen LogP contribution is 2.05. The summed E-state index contributed by atoms with van der Waals surface area (Å²) in [6.07, 6.45) is 0. The van der Waals surface area contributed by atoms with Crippen LogP contribution in [0.5, 0.6) is 0 Å². The van der Waals surface area contributed by atoms with Crippen molar-refractivity contribution in [3.05, 3.63) is 43.0 Å². The van der Waals surface area contributed by atoms with Crippen molar-refractivity contribution in [3.8, 4) is 0 Å². The van der Waals surface area contributed by atoms with Crippen LogP contribution in [0.15, 0.2) is 42.3 Å². The van der Waals surface area contributed by atoms with Gasteiger partial charge in [-0.3, -0.25) is 0 Å². The Morgan fingerprint density at radius 2 is 1.50 bits per heavy atom. The molecule has 0 radical (unpaired) electrons. The molecule has 0 N–H and O–H groups in total. The van der Waals surface area contributed by atoms with Crippen molar-refractivity contribution in [2.24, 2.45) is 0 Å². The van der Waals surface area contributed by atoms with Crippen molar-refractivity contribution in [3.63, 3.8) is 0 Å². The van der Waals surface area contributed by atoms with Crippen LogP contribution >= 0.6 is 12.6 Å². The highest BCUT2D eigenvalue weighted by Gasteiger charge is 1.80. The molecule has 0 unspecified atom stereocenters. The minimum absolute atomic E-state index is 1.02. The maximum absolute atomic E-state index is 4.13. The molecule has 0 aliphatic carbocycles. The predicted octanol–water partition coefficient (Wildman–Crippen LogP) is 3.09. The van der Waals surface area contributed by atoms with Gasteiger partial charge in [-0.15, -0.1) is 25.8 Å². The zero-order valence-electron chi connectivity index (χ0n) is 6.17. The zero-order valence-corrected chi connectivity index (χ0v) is 7.07. The van der Waals surface area contributed by atoms with Gasteiger partial charge in [-0.05, 0) is 19.1 Å². The van der Waals surface area contributed by atoms with E-state index in [1.165, 1.54) is 5.56 Å². The number of benzene rings is 1. The topological polar surface area (TPSA) is 0 Å². The summed E-state index contributed by atoms with van der Waals surface area (Å²) in [6, 6.07) is 8.06. The molecule has 54 valence electrons. The highest BCUT2D eigenvalue weighted by molar-refractivity contribution is 7.80. The van der Waals surface area contributed by atoms with Gasteiger partial charge >= 0.3 is 0 Å². The molecule has 0 nitrogen and oxygen atoms in total. The monoisotopic (exact) mass is 152 g/mol. The second-order valence-corrected chi connectivity index (χ2v) is 2.35. The molecule has 0 fully saturated rings. The van der Waals surface area contributed by atoms with Gasteiger partial charge in [-0.25, -0.2) is 0 Å². The molecular formula is C9H12S. The summed E-state index contributed by atoms with van der Waals surface area (Å²) in [7, 11) is 0. The Morgan fingerprint density at radius 3 is 1.80 bits per heavy atom. The van der Waals surface area contributed by atoms with Crippen LogP contribution in [-0.2, 0) is 0 Å². The Balaban J connectivity index is 0.000000371. The first-order valence-corrected chi connectivity index (χ1v) is 3.49. The highest BCUT2D eigenvalue weighted by atomic mass is 32.1. The number of aryl methyl sites for hydroxylation is 1. The van der Waals surface area contributed by atoms with Gasteiger partial charge in [0.05, 0.1) is 0 Å². The van der Waals surface area contributed by atoms with E-state index >= 15 is 0 Å². The largest absolute Gasteiger partial charge is 0.143 e. The van der Waals surface area contributed by atoms with Gasteiger partial charge in [0.25, 0.3) is 0 Å². The van der Waals surface area contributed by atoms with Gasteiger partial charge in [-0.1, -0.05) is 17.7 Å². The fourth-order valence-corrected chi connectivity index (χ4v) is 0.694. The second-order valence-electron chi connectivity index (χ2n) is 1.84. The Bertz CT molecular complexity index is 155. The van der Waals surface area contributed by atoms with Gasteiger partial charge < -0.3 is 0 Å². The first-order chi connectivity index (χ1) is 4.79. The average molecular weight is 152 g/mol. The smallest absolute Gasteiger partial charge is 0.00401 e. The molecule has 1 aromatic carbocycles. The Labute approximate surface area is 68.0 Å². The van der Waals surface area contributed by atoms with E-state index in [4.69, 9.17) is 0 Å². The molecule has 10 heavy (non-hydrogen) atoms. The molecule has 1 aromatic rings. The van der Waals surface area contributed by atoms with Crippen molar-refractivity contribution in [2.75, 3.05) is 0 Å². The summed E-state index contributed by atoms with van der Waals surface area (Å²) in [4.78, 5) is 1.02. The molecule has 0 bridgehead atoms. The van der Waals surface area contributed by atoms with E-state index in [0.29, 0.717) is 0 Å². The van der Waals surface area contributed by atoms with Crippen molar-refractivity contribution >= 4 is 12.6 Å². The van der Waals surface area contributed by atoms with Crippen LogP contribution in [0, 0.1) is 6.92 Å². The summed E-state index contributed by atoms with van der Waals surface area (Å²) in [5.41, 5.74) is 1.28. The van der Waals surface area contributed by atoms with E-state index in [9.17, 15) is 0 Å². The van der Waals surface area contributed by atoms with Gasteiger partial charge in [-0.2, -0.15) is 0 Å². The summed E-state index contributed by atoms with van der Waals surface area (Å²) >= 11 is 4.13. The van der Waals surface area contributed by atoms with E-state index in [2.05, 4.69) is 32.7 Å². The van der Waals surface area contributed by atoms with Crippen LogP contribution in [0.4, 0.5) is 0 Å². The van der Waals surface area contributed by atoms with Gasteiger partial charge in [0.15, 0.2) is 0 Å². The van der Waals surface area contributed by atoms with Gasteiger partial charge in [0.2, 0.25) is 0 Å². The fraction of sp³-hybridized carbons (Fsp3) is 0.111. The lowest BCUT2D eigenvalue weighted by molar-refractivity contribution is 1.39. The Hall–Kier alpha value is -0.690. The summed E-state index contributed by atoms with van der Waals surface area (Å²) in [5, 5.41) is 0. The van der Waals surface area contributed by atoms with Gasteiger partial charge in [0.1, 0.15) is 0 Å². The normalized spacial score (nSPS) is 7.80. The lowest BCUT2D eigenvalue weighted by Crippen LogP contribution is -1.67. The quantitative estimate of drug-likeness (QED) is 0.428. The van der Waals surface area contributed by atoms with E-state index in [0.717, 1.165) is 4.90 Å². The molecule has 0 aromatic heterocycles. The summed E-state index contributed by atoms with van der Waals surface area (Å²) in [5.74, 6) is 0. The first kappa shape index (κ1) is 9.31. The van der Waals surface area contributed by atoms with Crippen LogP contribution in [-0.4, -0.2) is 0 Å². The minimum Gasteiger partial charge on any atom is -0.143 e. The molecule has 1 heteroatoms. The first-order valence-electron chi connectivity index (χ1n) is 3.04. The van der Waals surface area contributed by atoms with Crippen molar-refractivity contribution < 1.29 is 0 Å². The van der Waals surface area contributed by atoms with Crippen LogP contribution in [0.25, 0.3) is 0 Å². The van der Waals surface area contributed by atoms with Crippen LogP contribution in [0.2, 0.25) is 0 Å².